The number of esters is 1. The normalized spacial score (nSPS) is 10.5. The number of rotatable bonds is 2. The third-order valence-corrected chi connectivity index (χ3v) is 2.84. The molecular weight excluding hydrogens is 270 g/mol. The highest BCUT2D eigenvalue weighted by Crippen LogP contribution is 2.27. The monoisotopic (exact) mass is 279 g/mol. The van der Waals surface area contributed by atoms with E-state index in [1.54, 1.807) is 0 Å². The summed E-state index contributed by atoms with van der Waals surface area (Å²) in [6.07, 6.45) is 0. The number of nitro groups is 1. The summed E-state index contributed by atoms with van der Waals surface area (Å²) < 4.78 is 4.55. The molecule has 2 rings (SSSR count). The number of ether oxygens (including phenoxy) is 1. The Bertz CT molecular complexity index is 848. The van der Waals surface area contributed by atoms with Gasteiger partial charge in [0.25, 0.3) is 5.69 Å². The van der Waals surface area contributed by atoms with E-state index < -0.39 is 22.0 Å². The molecule has 9 nitrogen and oxygen atoms in total. The maximum absolute atomic E-state index is 11.8. The molecule has 2 N–H and O–H groups in total. The van der Waals surface area contributed by atoms with Crippen molar-refractivity contribution in [2.24, 2.45) is 0 Å². The fraction of sp³-hybridized carbons (Fsp3) is 0.182. The van der Waals surface area contributed by atoms with Crippen molar-refractivity contribution >= 4 is 22.7 Å². The number of hydrogen-bond donors (Lipinski definition) is 2. The van der Waals surface area contributed by atoms with Gasteiger partial charge in [-0.25, -0.2) is 4.79 Å². The Morgan fingerprint density at radius 2 is 1.90 bits per heavy atom. The highest BCUT2D eigenvalue weighted by Gasteiger charge is 2.24. The molecule has 1 aromatic carbocycles. The average Bonchev–Trinajstić information content (AvgIpc) is 2.39. The fourth-order valence-electron chi connectivity index (χ4n) is 1.89. The lowest BCUT2D eigenvalue weighted by Gasteiger charge is -2.08. The Labute approximate surface area is 110 Å². The van der Waals surface area contributed by atoms with Crippen LogP contribution in [-0.4, -0.2) is 28.0 Å². The number of nitrogens with one attached hydrogen (secondary N) is 2. The predicted molar refractivity (Wildman–Crippen MR) is 67.9 cm³/mol. The van der Waals surface area contributed by atoms with Gasteiger partial charge in [0.1, 0.15) is 0 Å². The second-order valence-corrected chi connectivity index (χ2v) is 3.98. The Balaban J connectivity index is 3.05. The molecule has 1 aromatic heterocycles. The molecule has 2 aromatic rings. The summed E-state index contributed by atoms with van der Waals surface area (Å²) in [6, 6.07) is 1.08. The van der Waals surface area contributed by atoms with Gasteiger partial charge < -0.3 is 14.7 Å². The number of methoxy groups -OCH3 is 1. The van der Waals surface area contributed by atoms with Gasteiger partial charge >= 0.3 is 17.1 Å². The summed E-state index contributed by atoms with van der Waals surface area (Å²) in [4.78, 5) is 49.1. The lowest BCUT2D eigenvalue weighted by Crippen LogP contribution is -2.29. The molecule has 1 heterocycles. The summed E-state index contributed by atoms with van der Waals surface area (Å²) in [5, 5.41) is 11.0. The van der Waals surface area contributed by atoms with Crippen LogP contribution in [0.2, 0.25) is 0 Å². The summed E-state index contributed by atoms with van der Waals surface area (Å²) in [5.41, 5.74) is -2.44. The van der Waals surface area contributed by atoms with Crippen LogP contribution in [0.3, 0.4) is 0 Å². The molecule has 104 valence electrons. The predicted octanol–water partition coefficient (Wildman–Crippen LogP) is 0.220. The van der Waals surface area contributed by atoms with E-state index in [4.69, 9.17) is 0 Å². The minimum absolute atomic E-state index is 0.00968. The minimum Gasteiger partial charge on any atom is -0.465 e. The summed E-state index contributed by atoms with van der Waals surface area (Å²) in [7, 11) is 1.11. The van der Waals surface area contributed by atoms with Gasteiger partial charge in [0, 0.05) is 11.6 Å². The molecular formula is C11H9N3O6. The van der Waals surface area contributed by atoms with Gasteiger partial charge in [0.05, 0.1) is 28.6 Å². The van der Waals surface area contributed by atoms with Crippen molar-refractivity contribution in [3.8, 4) is 0 Å². The molecule has 0 saturated heterocycles. The first-order valence-corrected chi connectivity index (χ1v) is 5.39. The van der Waals surface area contributed by atoms with Crippen LogP contribution >= 0.6 is 0 Å². The molecule has 0 saturated carbocycles. The smallest absolute Gasteiger partial charge is 0.340 e. The van der Waals surface area contributed by atoms with Gasteiger partial charge in [0.15, 0.2) is 0 Å². The molecule has 0 aliphatic carbocycles. The number of nitrogens with zero attached hydrogens (tertiary/aromatic N) is 1. The molecule has 0 atom stereocenters. The molecule has 0 radical (unpaired) electrons. The van der Waals surface area contributed by atoms with Gasteiger partial charge in [0.2, 0.25) is 0 Å². The lowest BCUT2D eigenvalue weighted by molar-refractivity contribution is -0.385. The third-order valence-electron chi connectivity index (χ3n) is 2.84. The van der Waals surface area contributed by atoms with Gasteiger partial charge in [-0.1, -0.05) is 0 Å². The third kappa shape index (κ3) is 1.94. The molecule has 0 spiro atoms. The van der Waals surface area contributed by atoms with Crippen molar-refractivity contribution in [1.82, 2.24) is 9.97 Å². The van der Waals surface area contributed by atoms with E-state index in [9.17, 15) is 24.5 Å². The van der Waals surface area contributed by atoms with Crippen LogP contribution in [0.25, 0.3) is 11.0 Å². The van der Waals surface area contributed by atoms with Crippen LogP contribution in [-0.2, 0) is 4.74 Å². The van der Waals surface area contributed by atoms with E-state index >= 15 is 0 Å². The number of H-pyrrole nitrogens is 2. The van der Waals surface area contributed by atoms with Crippen molar-refractivity contribution in [2.75, 3.05) is 7.11 Å². The molecule has 0 bridgehead atoms. The van der Waals surface area contributed by atoms with Crippen molar-refractivity contribution < 1.29 is 14.5 Å². The zero-order valence-corrected chi connectivity index (χ0v) is 10.5. The SMILES string of the molecule is COC(=O)c1c(C)c([N+](=O)[O-])cc2[nH]c(=O)c(=O)[nH]c12. The van der Waals surface area contributed by atoms with E-state index in [2.05, 4.69) is 14.7 Å². The number of aromatic nitrogens is 2. The van der Waals surface area contributed by atoms with E-state index in [0.29, 0.717) is 0 Å². The molecule has 0 aliphatic rings. The van der Waals surface area contributed by atoms with E-state index in [1.165, 1.54) is 6.92 Å². The Hall–Kier alpha value is -2.97. The van der Waals surface area contributed by atoms with Crippen molar-refractivity contribution in [3.63, 3.8) is 0 Å². The Morgan fingerprint density at radius 3 is 2.45 bits per heavy atom. The molecule has 0 amide bonds. The molecule has 9 heteroatoms. The number of nitro benzene ring substituents is 1. The Kier molecular flexibility index (Phi) is 3.10. The van der Waals surface area contributed by atoms with E-state index in [0.717, 1.165) is 13.2 Å². The summed E-state index contributed by atoms with van der Waals surface area (Å²) in [6.45, 7) is 1.35. The van der Waals surface area contributed by atoms with Gasteiger partial charge in [-0.2, -0.15) is 0 Å². The Morgan fingerprint density at radius 1 is 1.30 bits per heavy atom. The first kappa shape index (κ1) is 13.5. The van der Waals surface area contributed by atoms with Crippen molar-refractivity contribution in [2.45, 2.75) is 6.92 Å². The zero-order valence-electron chi connectivity index (χ0n) is 10.5. The second-order valence-electron chi connectivity index (χ2n) is 3.98. The highest BCUT2D eigenvalue weighted by atomic mass is 16.6. The van der Waals surface area contributed by atoms with Crippen LogP contribution in [0.4, 0.5) is 5.69 Å². The number of aromatic amines is 2. The van der Waals surface area contributed by atoms with Crippen LogP contribution < -0.4 is 11.1 Å². The number of fused-ring (bicyclic) bond motifs is 1. The standard InChI is InChI=1S/C11H9N3O6/c1-4-6(14(18)19)3-5-8(7(4)11(17)20-2)13-10(16)9(15)12-5/h3H,1-2H3,(H,12,15)(H,13,16). The van der Waals surface area contributed by atoms with Crippen LogP contribution in [0.15, 0.2) is 15.7 Å². The second kappa shape index (κ2) is 4.61. The van der Waals surface area contributed by atoms with Crippen LogP contribution in [0.5, 0.6) is 0 Å². The van der Waals surface area contributed by atoms with Gasteiger partial charge in [-0.05, 0) is 6.92 Å². The molecule has 0 unspecified atom stereocenters. The minimum atomic E-state index is -0.966. The number of carbonyl (C=O) groups excluding carboxylic acids is 1. The topological polar surface area (TPSA) is 135 Å². The van der Waals surface area contributed by atoms with Crippen molar-refractivity contribution in [3.05, 3.63) is 48.0 Å². The summed E-state index contributed by atoms with van der Waals surface area (Å²) in [5.74, 6) is -0.848. The zero-order chi connectivity index (χ0) is 15.0. The first-order valence-electron chi connectivity index (χ1n) is 5.39. The maximum atomic E-state index is 11.8. The summed E-state index contributed by atoms with van der Waals surface area (Å²) >= 11 is 0. The molecule has 20 heavy (non-hydrogen) atoms. The quantitative estimate of drug-likeness (QED) is 0.349. The molecule has 0 fully saturated rings. The number of benzene rings is 1. The highest BCUT2D eigenvalue weighted by molar-refractivity contribution is 6.04. The van der Waals surface area contributed by atoms with Crippen LogP contribution in [0.1, 0.15) is 15.9 Å². The molecule has 0 aliphatic heterocycles. The average molecular weight is 279 g/mol. The van der Waals surface area contributed by atoms with Gasteiger partial charge in [-0.3, -0.25) is 19.7 Å². The van der Waals surface area contributed by atoms with Crippen molar-refractivity contribution in [1.29, 1.82) is 0 Å². The fourth-order valence-corrected chi connectivity index (χ4v) is 1.89. The van der Waals surface area contributed by atoms with E-state index in [1.807, 2.05) is 0 Å². The maximum Gasteiger partial charge on any atom is 0.340 e. The van der Waals surface area contributed by atoms with Crippen LogP contribution in [0, 0.1) is 17.0 Å². The van der Waals surface area contributed by atoms with Gasteiger partial charge in [-0.15, -0.1) is 0 Å². The largest absolute Gasteiger partial charge is 0.465 e. The number of carbonyl (C=O) groups is 1. The number of hydrogen-bond acceptors (Lipinski definition) is 6. The first-order chi connectivity index (χ1) is 9.36. The van der Waals surface area contributed by atoms with E-state index in [-0.39, 0.29) is 27.8 Å². The lowest BCUT2D eigenvalue weighted by atomic mass is 10.0.